The fraction of sp³-hybridized carbons (Fsp3) is 0.263. The summed E-state index contributed by atoms with van der Waals surface area (Å²) in [5, 5.41) is 5.39. The number of hydrogen-bond acceptors (Lipinski definition) is 6. The Morgan fingerprint density at radius 1 is 1.16 bits per heavy atom. The largest absolute Gasteiger partial charge is 0.377 e. The molecule has 3 heterocycles. The number of nitrogens with zero attached hydrogens (tertiary/aromatic N) is 3. The zero-order valence-electron chi connectivity index (χ0n) is 13.8. The Balaban J connectivity index is 1.54. The molecule has 1 saturated heterocycles. The predicted molar refractivity (Wildman–Crippen MR) is 101 cm³/mol. The fourth-order valence-electron chi connectivity index (χ4n) is 3.00. The van der Waals surface area contributed by atoms with E-state index in [4.69, 9.17) is 9.72 Å². The van der Waals surface area contributed by atoms with Crippen LogP contribution in [0.1, 0.15) is 16.5 Å². The lowest BCUT2D eigenvalue weighted by molar-refractivity contribution is 0.0937. The van der Waals surface area contributed by atoms with E-state index in [9.17, 15) is 0 Å². The topological polar surface area (TPSA) is 50.3 Å². The molecule has 5 nitrogen and oxygen atoms in total. The number of benzene rings is 1. The van der Waals surface area contributed by atoms with Crippen LogP contribution in [0.4, 0.5) is 11.8 Å². The van der Waals surface area contributed by atoms with Crippen molar-refractivity contribution in [2.75, 3.05) is 30.0 Å². The maximum Gasteiger partial charge on any atom is 0.224 e. The van der Waals surface area contributed by atoms with Gasteiger partial charge in [-0.15, -0.1) is 11.3 Å². The van der Waals surface area contributed by atoms with Crippen molar-refractivity contribution in [3.8, 4) is 0 Å². The third kappa shape index (κ3) is 3.81. The monoisotopic (exact) mass is 352 g/mol. The van der Waals surface area contributed by atoms with Gasteiger partial charge in [0.1, 0.15) is 5.82 Å². The van der Waals surface area contributed by atoms with Crippen LogP contribution in [-0.4, -0.2) is 29.7 Å². The van der Waals surface area contributed by atoms with E-state index >= 15 is 0 Å². The van der Waals surface area contributed by atoms with Crippen molar-refractivity contribution in [3.63, 3.8) is 0 Å². The quantitative estimate of drug-likeness (QED) is 0.758. The molecule has 2 aromatic heterocycles. The third-order valence-electron chi connectivity index (χ3n) is 4.25. The zero-order valence-corrected chi connectivity index (χ0v) is 14.7. The smallest absolute Gasteiger partial charge is 0.224 e. The molecular weight excluding hydrogens is 332 g/mol. The first-order chi connectivity index (χ1) is 12.4. The van der Waals surface area contributed by atoms with Crippen molar-refractivity contribution < 1.29 is 4.74 Å². The van der Waals surface area contributed by atoms with Crippen LogP contribution < -0.4 is 10.2 Å². The Morgan fingerprint density at radius 3 is 2.92 bits per heavy atom. The lowest BCUT2D eigenvalue weighted by Crippen LogP contribution is -2.40. The van der Waals surface area contributed by atoms with E-state index in [-0.39, 0.29) is 6.04 Å². The Morgan fingerprint density at radius 2 is 2.08 bits per heavy atom. The van der Waals surface area contributed by atoms with Crippen LogP contribution in [0.3, 0.4) is 0 Å². The Hall–Kier alpha value is -2.44. The summed E-state index contributed by atoms with van der Waals surface area (Å²) >= 11 is 1.73. The van der Waals surface area contributed by atoms with Gasteiger partial charge in [-0.05, 0) is 23.1 Å². The molecular formula is C19H20N4OS. The molecule has 0 amide bonds. The Bertz CT molecular complexity index is 794. The van der Waals surface area contributed by atoms with Gasteiger partial charge in [-0.3, -0.25) is 0 Å². The SMILES string of the molecule is c1ccc([C@@H]2COCCN2c2ccnc(NCc3cccs3)n2)cc1. The van der Waals surface area contributed by atoms with Crippen LogP contribution in [0.25, 0.3) is 0 Å². The van der Waals surface area contributed by atoms with E-state index in [1.807, 2.05) is 18.3 Å². The molecule has 0 saturated carbocycles. The summed E-state index contributed by atoms with van der Waals surface area (Å²) in [5.41, 5.74) is 1.24. The molecule has 4 rings (SSSR count). The summed E-state index contributed by atoms with van der Waals surface area (Å²) in [4.78, 5) is 12.6. The lowest BCUT2D eigenvalue weighted by atomic mass is 10.1. The summed E-state index contributed by atoms with van der Waals surface area (Å²) in [5.74, 6) is 1.59. The van der Waals surface area contributed by atoms with Crippen LogP contribution in [0, 0.1) is 0 Å². The molecule has 1 aromatic carbocycles. The zero-order chi connectivity index (χ0) is 16.9. The number of rotatable bonds is 5. The third-order valence-corrected chi connectivity index (χ3v) is 5.13. The van der Waals surface area contributed by atoms with Crippen LogP contribution in [0.5, 0.6) is 0 Å². The first kappa shape index (κ1) is 16.1. The molecule has 1 aliphatic rings. The van der Waals surface area contributed by atoms with Crippen LogP contribution in [-0.2, 0) is 11.3 Å². The van der Waals surface area contributed by atoms with E-state index in [1.165, 1.54) is 10.4 Å². The van der Waals surface area contributed by atoms with Gasteiger partial charge in [-0.2, -0.15) is 4.98 Å². The van der Waals surface area contributed by atoms with Crippen LogP contribution in [0.15, 0.2) is 60.1 Å². The highest BCUT2D eigenvalue weighted by atomic mass is 32.1. The minimum Gasteiger partial charge on any atom is -0.377 e. The molecule has 3 aromatic rings. The molecule has 0 bridgehead atoms. The van der Waals surface area contributed by atoms with Gasteiger partial charge in [-0.1, -0.05) is 36.4 Å². The maximum atomic E-state index is 5.72. The highest BCUT2D eigenvalue weighted by molar-refractivity contribution is 7.09. The van der Waals surface area contributed by atoms with E-state index in [0.717, 1.165) is 18.9 Å². The van der Waals surface area contributed by atoms with Crippen LogP contribution >= 0.6 is 11.3 Å². The van der Waals surface area contributed by atoms with Crippen molar-refractivity contribution in [2.24, 2.45) is 0 Å². The Kier molecular flexibility index (Phi) is 4.90. The second kappa shape index (κ2) is 7.63. The number of ether oxygens (including phenoxy) is 1. The van der Waals surface area contributed by atoms with Crippen LogP contribution in [0.2, 0.25) is 0 Å². The first-order valence-electron chi connectivity index (χ1n) is 8.39. The predicted octanol–water partition coefficient (Wildman–Crippen LogP) is 3.73. The van der Waals surface area contributed by atoms with E-state index in [1.54, 1.807) is 11.3 Å². The van der Waals surface area contributed by atoms with Gasteiger partial charge in [0.15, 0.2) is 0 Å². The standard InChI is InChI=1S/C19H20N4OS/c1-2-5-15(6-3-1)17-14-24-11-10-23(17)18-8-9-20-19(22-18)21-13-16-7-4-12-25-16/h1-9,12,17H,10-11,13-14H2,(H,20,21,22)/t17-/m0/s1. The number of hydrogen-bond donors (Lipinski definition) is 1. The molecule has 0 spiro atoms. The van der Waals surface area contributed by atoms with Gasteiger partial charge < -0.3 is 15.0 Å². The second-order valence-electron chi connectivity index (χ2n) is 5.87. The number of anilines is 2. The van der Waals surface area contributed by atoms with Gasteiger partial charge in [-0.25, -0.2) is 4.98 Å². The number of thiophene rings is 1. The normalized spacial score (nSPS) is 17.4. The molecule has 1 fully saturated rings. The number of morpholine rings is 1. The molecule has 6 heteroatoms. The lowest BCUT2D eigenvalue weighted by Gasteiger charge is -2.36. The van der Waals surface area contributed by atoms with E-state index in [2.05, 4.69) is 57.0 Å². The van der Waals surface area contributed by atoms with Crippen molar-refractivity contribution in [1.29, 1.82) is 0 Å². The minimum absolute atomic E-state index is 0.176. The fourth-order valence-corrected chi connectivity index (χ4v) is 3.65. The molecule has 1 atom stereocenters. The van der Waals surface area contributed by atoms with Gasteiger partial charge >= 0.3 is 0 Å². The highest BCUT2D eigenvalue weighted by Crippen LogP contribution is 2.28. The van der Waals surface area contributed by atoms with Gasteiger partial charge in [0, 0.05) is 17.6 Å². The molecule has 0 radical (unpaired) electrons. The Labute approximate surface area is 151 Å². The van der Waals surface area contributed by atoms with Crippen molar-refractivity contribution in [2.45, 2.75) is 12.6 Å². The molecule has 128 valence electrons. The summed E-state index contributed by atoms with van der Waals surface area (Å²) < 4.78 is 5.72. The summed E-state index contributed by atoms with van der Waals surface area (Å²) in [6.07, 6.45) is 1.82. The molecule has 1 aliphatic heterocycles. The minimum atomic E-state index is 0.176. The molecule has 1 N–H and O–H groups in total. The highest BCUT2D eigenvalue weighted by Gasteiger charge is 2.25. The molecule has 0 unspecified atom stereocenters. The average molecular weight is 352 g/mol. The van der Waals surface area contributed by atoms with Gasteiger partial charge in [0.2, 0.25) is 5.95 Å². The molecule has 0 aliphatic carbocycles. The summed E-state index contributed by atoms with van der Waals surface area (Å²) in [7, 11) is 0. The number of aromatic nitrogens is 2. The van der Waals surface area contributed by atoms with Crippen molar-refractivity contribution >= 4 is 23.1 Å². The second-order valence-corrected chi connectivity index (χ2v) is 6.90. The molecule has 25 heavy (non-hydrogen) atoms. The first-order valence-corrected chi connectivity index (χ1v) is 9.27. The average Bonchev–Trinajstić information content (AvgIpc) is 3.21. The van der Waals surface area contributed by atoms with Crippen molar-refractivity contribution in [3.05, 3.63) is 70.5 Å². The maximum absolute atomic E-state index is 5.72. The van der Waals surface area contributed by atoms with Crippen molar-refractivity contribution in [1.82, 2.24) is 9.97 Å². The number of nitrogens with one attached hydrogen (secondary N) is 1. The van der Waals surface area contributed by atoms with E-state index < -0.39 is 0 Å². The van der Waals surface area contributed by atoms with Gasteiger partial charge in [0.25, 0.3) is 0 Å². The van der Waals surface area contributed by atoms with Gasteiger partial charge in [0.05, 0.1) is 25.8 Å². The summed E-state index contributed by atoms with van der Waals surface area (Å²) in [6.45, 7) is 2.95. The summed E-state index contributed by atoms with van der Waals surface area (Å²) in [6, 6.07) is 16.8. The van der Waals surface area contributed by atoms with E-state index in [0.29, 0.717) is 19.2 Å².